The Labute approximate surface area is 168 Å². The molecular formula is C22H36O6. The van der Waals surface area contributed by atoms with E-state index in [1.807, 2.05) is 0 Å². The molecule has 0 heterocycles. The second kappa shape index (κ2) is 11.5. The first kappa shape index (κ1) is 21.3. The van der Waals surface area contributed by atoms with Gasteiger partial charge in [-0.1, -0.05) is 32.1 Å². The lowest BCUT2D eigenvalue weighted by molar-refractivity contribution is -0.0619. The van der Waals surface area contributed by atoms with Crippen molar-refractivity contribution in [2.45, 2.75) is 115 Å². The van der Waals surface area contributed by atoms with E-state index >= 15 is 0 Å². The first-order chi connectivity index (χ1) is 13.7. The highest BCUT2D eigenvalue weighted by atomic mass is 16.8. The smallest absolute Gasteiger partial charge is 0.431 e. The molecule has 0 aromatic heterocycles. The fourth-order valence-corrected chi connectivity index (χ4v) is 4.75. The standard InChI is InChI=1S/C22H36O6/c23-21(26-18-12-6-2-7-13-18)25-16-20(17-10-4-1-5-11-17)28-22(24)27-19-14-8-3-9-15-19/h17-20H,1-16H2. The second-order valence-electron chi connectivity index (χ2n) is 8.62. The van der Waals surface area contributed by atoms with E-state index in [1.54, 1.807) is 0 Å². The molecule has 0 aliphatic heterocycles. The molecular weight excluding hydrogens is 360 g/mol. The molecule has 3 aliphatic rings. The average Bonchev–Trinajstić information content (AvgIpc) is 2.73. The minimum atomic E-state index is -0.642. The maximum atomic E-state index is 12.3. The van der Waals surface area contributed by atoms with Gasteiger partial charge in [-0.3, -0.25) is 0 Å². The Morgan fingerprint density at radius 1 is 0.643 bits per heavy atom. The third-order valence-electron chi connectivity index (χ3n) is 6.42. The van der Waals surface area contributed by atoms with Gasteiger partial charge in [0.25, 0.3) is 0 Å². The van der Waals surface area contributed by atoms with E-state index in [0.717, 1.165) is 77.0 Å². The summed E-state index contributed by atoms with van der Waals surface area (Å²) < 4.78 is 21.9. The lowest BCUT2D eigenvalue weighted by Gasteiger charge is -2.30. The van der Waals surface area contributed by atoms with E-state index < -0.39 is 18.4 Å². The van der Waals surface area contributed by atoms with Gasteiger partial charge >= 0.3 is 12.3 Å². The predicted octanol–water partition coefficient (Wildman–Crippen LogP) is 5.91. The van der Waals surface area contributed by atoms with Gasteiger partial charge < -0.3 is 18.9 Å². The molecule has 3 fully saturated rings. The van der Waals surface area contributed by atoms with E-state index in [0.29, 0.717) is 0 Å². The lowest BCUT2D eigenvalue weighted by Crippen LogP contribution is -2.35. The largest absolute Gasteiger partial charge is 0.508 e. The van der Waals surface area contributed by atoms with Crippen LogP contribution in [0.5, 0.6) is 0 Å². The average molecular weight is 397 g/mol. The van der Waals surface area contributed by atoms with E-state index in [4.69, 9.17) is 18.9 Å². The van der Waals surface area contributed by atoms with Crippen molar-refractivity contribution in [3.8, 4) is 0 Å². The van der Waals surface area contributed by atoms with Crippen LogP contribution in [-0.4, -0.2) is 37.2 Å². The van der Waals surface area contributed by atoms with Gasteiger partial charge in [-0.15, -0.1) is 0 Å². The summed E-state index contributed by atoms with van der Waals surface area (Å²) in [5.74, 6) is 0.218. The molecule has 0 aromatic rings. The van der Waals surface area contributed by atoms with Crippen LogP contribution in [0.1, 0.15) is 96.3 Å². The first-order valence-corrected chi connectivity index (χ1v) is 11.4. The highest BCUT2D eigenvalue weighted by molar-refractivity contribution is 5.61. The Kier molecular flexibility index (Phi) is 8.74. The number of hydrogen-bond donors (Lipinski definition) is 0. The van der Waals surface area contributed by atoms with Crippen molar-refractivity contribution >= 4 is 12.3 Å². The summed E-state index contributed by atoms with van der Waals surface area (Å²) in [6, 6.07) is 0. The Balaban J connectivity index is 1.46. The first-order valence-electron chi connectivity index (χ1n) is 11.4. The van der Waals surface area contributed by atoms with Crippen molar-refractivity contribution in [1.82, 2.24) is 0 Å². The maximum Gasteiger partial charge on any atom is 0.508 e. The number of rotatable bonds is 6. The second-order valence-corrected chi connectivity index (χ2v) is 8.62. The van der Waals surface area contributed by atoms with Gasteiger partial charge in [0, 0.05) is 0 Å². The van der Waals surface area contributed by atoms with Crippen molar-refractivity contribution in [1.29, 1.82) is 0 Å². The molecule has 6 nitrogen and oxygen atoms in total. The summed E-state index contributed by atoms with van der Waals surface area (Å²) in [5, 5.41) is 0. The van der Waals surface area contributed by atoms with Gasteiger partial charge in [0.2, 0.25) is 0 Å². The van der Waals surface area contributed by atoms with Gasteiger partial charge in [0.1, 0.15) is 24.9 Å². The van der Waals surface area contributed by atoms with Crippen LogP contribution < -0.4 is 0 Å². The number of hydrogen-bond acceptors (Lipinski definition) is 6. The van der Waals surface area contributed by atoms with Crippen molar-refractivity contribution in [2.75, 3.05) is 6.61 Å². The molecule has 0 spiro atoms. The maximum absolute atomic E-state index is 12.3. The molecule has 0 saturated heterocycles. The van der Waals surface area contributed by atoms with E-state index in [1.165, 1.54) is 19.3 Å². The summed E-state index contributed by atoms with van der Waals surface area (Å²) in [6.07, 6.45) is 14.1. The van der Waals surface area contributed by atoms with Crippen LogP contribution in [0.4, 0.5) is 9.59 Å². The summed E-state index contributed by atoms with van der Waals surface area (Å²) in [7, 11) is 0. The third-order valence-corrected chi connectivity index (χ3v) is 6.42. The van der Waals surface area contributed by atoms with Crippen LogP contribution in [0.15, 0.2) is 0 Å². The van der Waals surface area contributed by atoms with Gasteiger partial charge in [-0.05, 0) is 70.1 Å². The Morgan fingerprint density at radius 2 is 1.11 bits per heavy atom. The molecule has 0 bridgehead atoms. The molecule has 160 valence electrons. The molecule has 6 heteroatoms. The van der Waals surface area contributed by atoms with Crippen LogP contribution in [0.25, 0.3) is 0 Å². The van der Waals surface area contributed by atoms with Crippen LogP contribution in [0.2, 0.25) is 0 Å². The minimum Gasteiger partial charge on any atom is -0.431 e. The fraction of sp³-hybridized carbons (Fsp3) is 0.909. The Bertz CT molecular complexity index is 475. The molecule has 0 amide bonds. The van der Waals surface area contributed by atoms with Crippen molar-refractivity contribution in [3.63, 3.8) is 0 Å². The fourth-order valence-electron chi connectivity index (χ4n) is 4.75. The number of ether oxygens (including phenoxy) is 4. The van der Waals surface area contributed by atoms with Crippen molar-refractivity contribution < 1.29 is 28.5 Å². The predicted molar refractivity (Wildman–Crippen MR) is 104 cm³/mol. The zero-order chi connectivity index (χ0) is 19.6. The number of carbonyl (C=O) groups excluding carboxylic acids is 2. The molecule has 3 saturated carbocycles. The monoisotopic (exact) mass is 396 g/mol. The van der Waals surface area contributed by atoms with Crippen LogP contribution in [0.3, 0.4) is 0 Å². The quantitative estimate of drug-likeness (QED) is 0.520. The zero-order valence-corrected chi connectivity index (χ0v) is 17.1. The molecule has 3 aliphatic carbocycles. The van der Waals surface area contributed by atoms with E-state index in [2.05, 4.69) is 0 Å². The van der Waals surface area contributed by atoms with E-state index in [-0.39, 0.29) is 24.7 Å². The molecule has 28 heavy (non-hydrogen) atoms. The van der Waals surface area contributed by atoms with Gasteiger partial charge in [-0.25, -0.2) is 9.59 Å². The lowest BCUT2D eigenvalue weighted by atomic mass is 9.85. The topological polar surface area (TPSA) is 71.1 Å². The summed E-state index contributed by atoms with van der Waals surface area (Å²) in [5.41, 5.74) is 0. The molecule has 3 rings (SSSR count). The highest BCUT2D eigenvalue weighted by Crippen LogP contribution is 2.29. The van der Waals surface area contributed by atoms with Crippen molar-refractivity contribution in [3.05, 3.63) is 0 Å². The van der Waals surface area contributed by atoms with Crippen molar-refractivity contribution in [2.24, 2.45) is 5.92 Å². The Hall–Kier alpha value is -1.46. The summed E-state index contributed by atoms with van der Waals surface area (Å²) >= 11 is 0. The minimum absolute atomic E-state index is 0.0356. The molecule has 1 atom stereocenters. The van der Waals surface area contributed by atoms with Crippen LogP contribution in [0, 0.1) is 5.92 Å². The van der Waals surface area contributed by atoms with Crippen LogP contribution in [-0.2, 0) is 18.9 Å². The SMILES string of the molecule is O=C(OCC(OC(=O)OC1CCCCC1)C1CCCCC1)OC1CCCCC1. The van der Waals surface area contributed by atoms with Gasteiger partial charge in [-0.2, -0.15) is 0 Å². The normalized spacial score (nSPS) is 23.6. The molecule has 1 unspecified atom stereocenters. The third kappa shape index (κ3) is 7.17. The Morgan fingerprint density at radius 3 is 1.64 bits per heavy atom. The van der Waals surface area contributed by atoms with Gasteiger partial charge in [0.05, 0.1) is 0 Å². The molecule has 0 aromatic carbocycles. The van der Waals surface area contributed by atoms with Gasteiger partial charge in [0.15, 0.2) is 0 Å². The van der Waals surface area contributed by atoms with E-state index in [9.17, 15) is 9.59 Å². The highest BCUT2D eigenvalue weighted by Gasteiger charge is 2.31. The summed E-state index contributed by atoms with van der Waals surface area (Å²) in [6.45, 7) is 0.0516. The summed E-state index contributed by atoms with van der Waals surface area (Å²) in [4.78, 5) is 24.4. The molecule has 0 radical (unpaired) electrons. The van der Waals surface area contributed by atoms with Crippen LogP contribution >= 0.6 is 0 Å². The molecule has 0 N–H and O–H groups in total. The number of carbonyl (C=O) groups is 2. The zero-order valence-electron chi connectivity index (χ0n) is 17.1.